The van der Waals surface area contributed by atoms with Gasteiger partial charge in [-0.3, -0.25) is 9.20 Å². The van der Waals surface area contributed by atoms with Crippen LogP contribution in [-0.2, 0) is 0 Å². The normalized spacial score (nSPS) is 10.3. The van der Waals surface area contributed by atoms with Crippen molar-refractivity contribution >= 4 is 22.2 Å². The van der Waals surface area contributed by atoms with Crippen molar-refractivity contribution in [2.75, 3.05) is 6.54 Å². The van der Waals surface area contributed by atoms with Gasteiger partial charge in [0, 0.05) is 12.4 Å². The Morgan fingerprint density at radius 1 is 1.35 bits per heavy atom. The number of imidazole rings is 1. The van der Waals surface area contributed by atoms with Gasteiger partial charge in [-0.1, -0.05) is 47.6 Å². The average molecular weight is 281 g/mol. The minimum absolute atomic E-state index is 0.208. The predicted octanol–water partition coefficient (Wildman–Crippen LogP) is 2.43. The molecule has 5 heteroatoms. The quantitative estimate of drug-likeness (QED) is 0.749. The van der Waals surface area contributed by atoms with Gasteiger partial charge in [-0.15, -0.1) is 6.42 Å². The highest BCUT2D eigenvalue weighted by atomic mass is 32.1. The molecule has 0 bridgehead atoms. The molecule has 0 radical (unpaired) electrons. The molecular formula is C15H11N3OS. The molecular weight excluding hydrogens is 270 g/mol. The molecule has 3 rings (SSSR count). The molecule has 0 fully saturated rings. The molecule has 20 heavy (non-hydrogen) atoms. The number of aromatic nitrogens is 2. The van der Waals surface area contributed by atoms with Crippen molar-refractivity contribution in [3.05, 3.63) is 48.4 Å². The van der Waals surface area contributed by atoms with Gasteiger partial charge in [0.25, 0.3) is 5.91 Å². The summed E-state index contributed by atoms with van der Waals surface area (Å²) in [5.74, 6) is 2.11. The van der Waals surface area contributed by atoms with Crippen LogP contribution < -0.4 is 5.32 Å². The summed E-state index contributed by atoms with van der Waals surface area (Å²) < 4.78 is 1.86. The summed E-state index contributed by atoms with van der Waals surface area (Å²) in [5.41, 5.74) is 1.52. The number of hydrogen-bond acceptors (Lipinski definition) is 3. The lowest BCUT2D eigenvalue weighted by Crippen LogP contribution is -2.23. The number of benzene rings is 1. The van der Waals surface area contributed by atoms with E-state index in [1.54, 1.807) is 17.5 Å². The fourth-order valence-electron chi connectivity index (χ4n) is 1.86. The molecule has 4 nitrogen and oxygen atoms in total. The molecule has 0 aliphatic carbocycles. The van der Waals surface area contributed by atoms with Crippen LogP contribution in [-0.4, -0.2) is 21.8 Å². The first-order valence-corrected chi connectivity index (χ1v) is 6.85. The van der Waals surface area contributed by atoms with Crippen molar-refractivity contribution in [2.24, 2.45) is 0 Å². The molecule has 0 saturated heterocycles. The van der Waals surface area contributed by atoms with E-state index in [0.29, 0.717) is 5.69 Å². The Morgan fingerprint density at radius 2 is 2.15 bits per heavy atom. The van der Waals surface area contributed by atoms with Crippen LogP contribution in [0.3, 0.4) is 0 Å². The average Bonchev–Trinajstić information content (AvgIpc) is 3.04. The SMILES string of the molecule is C#CCNC(=O)c1cn2cc(-c3ccccc3)sc2n1. The van der Waals surface area contributed by atoms with Gasteiger partial charge in [-0.25, -0.2) is 4.98 Å². The molecule has 1 amide bonds. The van der Waals surface area contributed by atoms with Gasteiger partial charge >= 0.3 is 0 Å². The second-order valence-corrected chi connectivity index (χ2v) is 5.17. The number of terminal acetylenes is 1. The highest BCUT2D eigenvalue weighted by Crippen LogP contribution is 2.28. The Morgan fingerprint density at radius 3 is 2.85 bits per heavy atom. The second-order valence-electron chi connectivity index (χ2n) is 4.16. The van der Waals surface area contributed by atoms with E-state index >= 15 is 0 Å². The molecule has 2 aromatic heterocycles. The zero-order valence-electron chi connectivity index (χ0n) is 10.5. The van der Waals surface area contributed by atoms with Crippen molar-refractivity contribution in [3.63, 3.8) is 0 Å². The minimum atomic E-state index is -0.250. The van der Waals surface area contributed by atoms with Gasteiger partial charge in [0.15, 0.2) is 4.96 Å². The third-order valence-electron chi connectivity index (χ3n) is 2.80. The van der Waals surface area contributed by atoms with E-state index in [0.717, 1.165) is 15.4 Å². The van der Waals surface area contributed by atoms with Gasteiger partial charge < -0.3 is 5.32 Å². The Kier molecular flexibility index (Phi) is 3.23. The molecule has 98 valence electrons. The molecule has 0 atom stereocenters. The van der Waals surface area contributed by atoms with E-state index < -0.39 is 0 Å². The summed E-state index contributed by atoms with van der Waals surface area (Å²) in [6.07, 6.45) is 8.79. The maximum Gasteiger partial charge on any atom is 0.272 e. The van der Waals surface area contributed by atoms with Crippen molar-refractivity contribution < 1.29 is 4.79 Å². The van der Waals surface area contributed by atoms with Gasteiger partial charge in [-0.05, 0) is 5.56 Å². The summed E-state index contributed by atoms with van der Waals surface area (Å²) in [6.45, 7) is 0.208. The Bertz CT molecular complexity index is 764. The minimum Gasteiger partial charge on any atom is -0.340 e. The number of fused-ring (bicyclic) bond motifs is 1. The molecule has 0 unspecified atom stereocenters. The van der Waals surface area contributed by atoms with Crippen LogP contribution in [0.1, 0.15) is 10.5 Å². The maximum atomic E-state index is 11.7. The number of carbonyl (C=O) groups excluding carboxylic acids is 1. The summed E-state index contributed by atoms with van der Waals surface area (Å²) in [6, 6.07) is 10.1. The van der Waals surface area contributed by atoms with Gasteiger partial charge in [0.05, 0.1) is 11.4 Å². The van der Waals surface area contributed by atoms with E-state index in [1.807, 2.05) is 40.9 Å². The van der Waals surface area contributed by atoms with Crippen molar-refractivity contribution in [3.8, 4) is 22.8 Å². The summed E-state index contributed by atoms with van der Waals surface area (Å²) >= 11 is 1.54. The summed E-state index contributed by atoms with van der Waals surface area (Å²) in [7, 11) is 0. The maximum absolute atomic E-state index is 11.7. The smallest absolute Gasteiger partial charge is 0.272 e. The van der Waals surface area contributed by atoms with Crippen molar-refractivity contribution in [1.82, 2.24) is 14.7 Å². The van der Waals surface area contributed by atoms with Crippen LogP contribution in [0.15, 0.2) is 42.7 Å². The van der Waals surface area contributed by atoms with Crippen LogP contribution in [0.5, 0.6) is 0 Å². The summed E-state index contributed by atoms with van der Waals surface area (Å²) in [5, 5.41) is 2.60. The Hall–Kier alpha value is -2.58. The second kappa shape index (κ2) is 5.19. The van der Waals surface area contributed by atoms with Crippen LogP contribution >= 0.6 is 11.3 Å². The predicted molar refractivity (Wildman–Crippen MR) is 79.7 cm³/mol. The first kappa shape index (κ1) is 12.5. The van der Waals surface area contributed by atoms with E-state index in [4.69, 9.17) is 6.42 Å². The first-order valence-electron chi connectivity index (χ1n) is 6.03. The number of nitrogens with zero attached hydrogens (tertiary/aromatic N) is 2. The molecule has 0 aliphatic heterocycles. The lowest BCUT2D eigenvalue weighted by Gasteiger charge is -1.96. The highest BCUT2D eigenvalue weighted by molar-refractivity contribution is 7.20. The Balaban J connectivity index is 1.90. The van der Waals surface area contributed by atoms with E-state index in [2.05, 4.69) is 16.2 Å². The zero-order valence-corrected chi connectivity index (χ0v) is 11.4. The number of rotatable bonds is 3. The monoisotopic (exact) mass is 281 g/mol. The largest absolute Gasteiger partial charge is 0.340 e. The molecule has 1 N–H and O–H groups in total. The number of hydrogen-bond donors (Lipinski definition) is 1. The standard InChI is InChI=1S/C15H11N3OS/c1-2-8-16-14(19)12-9-18-10-13(20-15(18)17-12)11-6-4-3-5-7-11/h1,3-7,9-10H,8H2,(H,16,19). The molecule has 1 aromatic carbocycles. The lowest BCUT2D eigenvalue weighted by molar-refractivity contribution is 0.0954. The van der Waals surface area contributed by atoms with E-state index in [9.17, 15) is 4.79 Å². The third kappa shape index (κ3) is 2.29. The number of carbonyl (C=O) groups is 1. The summed E-state index contributed by atoms with van der Waals surface area (Å²) in [4.78, 5) is 18.0. The number of thiazole rings is 1. The Labute approximate surface area is 120 Å². The van der Waals surface area contributed by atoms with Crippen LogP contribution in [0, 0.1) is 12.3 Å². The van der Waals surface area contributed by atoms with E-state index in [1.165, 1.54) is 0 Å². The number of amides is 1. The third-order valence-corrected chi connectivity index (χ3v) is 3.84. The first-order chi connectivity index (χ1) is 9.78. The van der Waals surface area contributed by atoms with Crippen molar-refractivity contribution in [2.45, 2.75) is 0 Å². The van der Waals surface area contributed by atoms with Crippen molar-refractivity contribution in [1.29, 1.82) is 0 Å². The van der Waals surface area contributed by atoms with Crippen LogP contribution in [0.25, 0.3) is 15.4 Å². The van der Waals surface area contributed by atoms with Gasteiger partial charge in [-0.2, -0.15) is 0 Å². The van der Waals surface area contributed by atoms with Gasteiger partial charge in [0.2, 0.25) is 0 Å². The van der Waals surface area contributed by atoms with Crippen LogP contribution in [0.2, 0.25) is 0 Å². The number of nitrogens with one attached hydrogen (secondary N) is 1. The van der Waals surface area contributed by atoms with Crippen LogP contribution in [0.4, 0.5) is 0 Å². The molecule has 0 saturated carbocycles. The fraction of sp³-hybridized carbons (Fsp3) is 0.0667. The highest BCUT2D eigenvalue weighted by Gasteiger charge is 2.12. The molecule has 3 aromatic rings. The lowest BCUT2D eigenvalue weighted by atomic mass is 10.2. The zero-order chi connectivity index (χ0) is 13.9. The molecule has 0 spiro atoms. The topological polar surface area (TPSA) is 46.4 Å². The molecule has 0 aliphatic rings. The fourth-order valence-corrected chi connectivity index (χ4v) is 2.83. The molecule has 2 heterocycles. The van der Waals surface area contributed by atoms with Gasteiger partial charge in [0.1, 0.15) is 5.69 Å². The van der Waals surface area contributed by atoms with E-state index in [-0.39, 0.29) is 12.5 Å².